The van der Waals surface area contributed by atoms with Gasteiger partial charge in [-0.3, -0.25) is 14.4 Å². The summed E-state index contributed by atoms with van der Waals surface area (Å²) in [5.74, 6) is -1.42. The summed E-state index contributed by atoms with van der Waals surface area (Å²) in [5, 5.41) is 2.75. The van der Waals surface area contributed by atoms with Crippen molar-refractivity contribution in [1.29, 1.82) is 0 Å². The van der Waals surface area contributed by atoms with E-state index in [1.54, 1.807) is 47.1 Å². The minimum atomic E-state index is -0.688. The van der Waals surface area contributed by atoms with Crippen molar-refractivity contribution < 1.29 is 18.8 Å². The highest BCUT2D eigenvalue weighted by Crippen LogP contribution is 2.13. The summed E-state index contributed by atoms with van der Waals surface area (Å²) < 4.78 is 13.9. The highest BCUT2D eigenvalue weighted by molar-refractivity contribution is 5.97. The summed E-state index contributed by atoms with van der Waals surface area (Å²) in [4.78, 5) is 41.1. The average molecular weight is 411 g/mol. The number of carbonyl (C=O) groups is 3. The number of benzene rings is 2. The standard InChI is InChI=1S/C23H26FN3O3/c1-16-7-5-8-18(15-16)21(28)25-17(2)22(29)26-11-6-12-27(14-13-26)23(30)19-9-3-4-10-20(19)24/h3-5,7-10,15,17H,6,11-14H2,1-2H3,(H,25,28). The van der Waals surface area contributed by atoms with Crippen LogP contribution >= 0.6 is 0 Å². The number of aryl methyl sites for hydroxylation is 1. The van der Waals surface area contributed by atoms with Gasteiger partial charge in [0.25, 0.3) is 11.8 Å². The molecule has 0 spiro atoms. The van der Waals surface area contributed by atoms with Gasteiger partial charge in [-0.05, 0) is 44.5 Å². The highest BCUT2D eigenvalue weighted by atomic mass is 19.1. The lowest BCUT2D eigenvalue weighted by Gasteiger charge is -2.25. The lowest BCUT2D eigenvalue weighted by molar-refractivity contribution is -0.132. The lowest BCUT2D eigenvalue weighted by atomic mass is 10.1. The van der Waals surface area contributed by atoms with Crippen molar-refractivity contribution in [3.63, 3.8) is 0 Å². The van der Waals surface area contributed by atoms with Gasteiger partial charge in [-0.15, -0.1) is 0 Å². The van der Waals surface area contributed by atoms with Crippen LogP contribution in [0.3, 0.4) is 0 Å². The maximum Gasteiger partial charge on any atom is 0.256 e. The van der Waals surface area contributed by atoms with Crippen LogP contribution < -0.4 is 5.32 Å². The first-order valence-electron chi connectivity index (χ1n) is 10.1. The van der Waals surface area contributed by atoms with Crippen LogP contribution in [0.1, 0.15) is 39.6 Å². The summed E-state index contributed by atoms with van der Waals surface area (Å²) in [5.41, 5.74) is 1.51. The maximum atomic E-state index is 13.9. The molecule has 7 heteroatoms. The summed E-state index contributed by atoms with van der Waals surface area (Å²) in [6, 6.07) is 12.4. The van der Waals surface area contributed by atoms with Crippen LogP contribution in [0.25, 0.3) is 0 Å². The number of hydrogen-bond donors (Lipinski definition) is 1. The molecule has 0 radical (unpaired) electrons. The number of carbonyl (C=O) groups excluding carboxylic acids is 3. The van der Waals surface area contributed by atoms with Gasteiger partial charge in [-0.25, -0.2) is 4.39 Å². The Labute approximate surface area is 175 Å². The van der Waals surface area contributed by atoms with Gasteiger partial charge in [0.1, 0.15) is 11.9 Å². The van der Waals surface area contributed by atoms with E-state index in [9.17, 15) is 18.8 Å². The van der Waals surface area contributed by atoms with Gasteiger partial charge in [0, 0.05) is 31.7 Å². The predicted molar refractivity (Wildman–Crippen MR) is 112 cm³/mol. The molecule has 3 amide bonds. The highest BCUT2D eigenvalue weighted by Gasteiger charge is 2.27. The average Bonchev–Trinajstić information content (AvgIpc) is 2.99. The number of amides is 3. The molecule has 2 aromatic rings. The third-order valence-corrected chi connectivity index (χ3v) is 5.20. The van der Waals surface area contributed by atoms with Gasteiger partial charge in [-0.2, -0.15) is 0 Å². The second-order valence-corrected chi connectivity index (χ2v) is 7.52. The van der Waals surface area contributed by atoms with E-state index in [2.05, 4.69) is 5.32 Å². The quantitative estimate of drug-likeness (QED) is 0.841. The summed E-state index contributed by atoms with van der Waals surface area (Å²) in [6.07, 6.45) is 0.588. The molecule has 1 fully saturated rings. The molecular formula is C23H26FN3O3. The molecule has 1 aliphatic rings. The Bertz CT molecular complexity index is 947. The Balaban J connectivity index is 1.59. The first-order chi connectivity index (χ1) is 14.4. The van der Waals surface area contributed by atoms with E-state index in [1.165, 1.54) is 12.1 Å². The van der Waals surface area contributed by atoms with E-state index in [1.807, 2.05) is 13.0 Å². The molecule has 1 atom stereocenters. The number of nitrogens with one attached hydrogen (secondary N) is 1. The summed E-state index contributed by atoms with van der Waals surface area (Å²) >= 11 is 0. The first kappa shape index (κ1) is 21.5. The fourth-order valence-corrected chi connectivity index (χ4v) is 3.55. The van der Waals surface area contributed by atoms with Crippen LogP contribution in [-0.2, 0) is 4.79 Å². The van der Waals surface area contributed by atoms with Crippen molar-refractivity contribution in [2.75, 3.05) is 26.2 Å². The van der Waals surface area contributed by atoms with E-state index in [0.29, 0.717) is 38.2 Å². The van der Waals surface area contributed by atoms with E-state index >= 15 is 0 Å². The van der Waals surface area contributed by atoms with Gasteiger partial charge in [-0.1, -0.05) is 29.8 Å². The fraction of sp³-hybridized carbons (Fsp3) is 0.348. The first-order valence-corrected chi connectivity index (χ1v) is 10.1. The van der Waals surface area contributed by atoms with E-state index in [4.69, 9.17) is 0 Å². The van der Waals surface area contributed by atoms with E-state index < -0.39 is 11.9 Å². The number of hydrogen-bond acceptors (Lipinski definition) is 3. The summed E-state index contributed by atoms with van der Waals surface area (Å²) in [6.45, 7) is 5.13. The maximum absolute atomic E-state index is 13.9. The molecule has 6 nitrogen and oxygen atoms in total. The largest absolute Gasteiger partial charge is 0.341 e. The van der Waals surface area contributed by atoms with Crippen molar-refractivity contribution in [2.45, 2.75) is 26.3 Å². The van der Waals surface area contributed by atoms with Crippen molar-refractivity contribution in [3.8, 4) is 0 Å². The van der Waals surface area contributed by atoms with Gasteiger partial charge in [0.05, 0.1) is 5.56 Å². The summed E-state index contributed by atoms with van der Waals surface area (Å²) in [7, 11) is 0. The molecule has 30 heavy (non-hydrogen) atoms. The normalized spacial score (nSPS) is 15.3. The Morgan fingerprint density at radius 2 is 1.67 bits per heavy atom. The van der Waals surface area contributed by atoms with Crippen LogP contribution in [0, 0.1) is 12.7 Å². The van der Waals surface area contributed by atoms with E-state index in [-0.39, 0.29) is 23.3 Å². The number of halogens is 1. The minimum absolute atomic E-state index is 0.0380. The zero-order valence-electron chi connectivity index (χ0n) is 17.2. The topological polar surface area (TPSA) is 69.7 Å². The molecule has 1 heterocycles. The van der Waals surface area contributed by atoms with Crippen molar-refractivity contribution in [3.05, 3.63) is 71.0 Å². The zero-order chi connectivity index (χ0) is 21.7. The van der Waals surface area contributed by atoms with Gasteiger partial charge < -0.3 is 15.1 Å². The molecule has 1 aliphatic heterocycles. The molecule has 0 saturated carbocycles. The molecule has 1 unspecified atom stereocenters. The number of rotatable bonds is 4. The van der Waals surface area contributed by atoms with Crippen LogP contribution in [0.15, 0.2) is 48.5 Å². The molecule has 3 rings (SSSR count). The van der Waals surface area contributed by atoms with Gasteiger partial charge >= 0.3 is 0 Å². The van der Waals surface area contributed by atoms with Gasteiger partial charge in [0.2, 0.25) is 5.91 Å². The molecule has 158 valence electrons. The Morgan fingerprint density at radius 1 is 0.967 bits per heavy atom. The second-order valence-electron chi connectivity index (χ2n) is 7.52. The molecule has 1 N–H and O–H groups in total. The zero-order valence-corrected chi connectivity index (χ0v) is 17.2. The Morgan fingerprint density at radius 3 is 2.40 bits per heavy atom. The smallest absolute Gasteiger partial charge is 0.256 e. The Kier molecular flexibility index (Phi) is 6.82. The molecule has 0 bridgehead atoms. The van der Waals surface area contributed by atoms with Crippen molar-refractivity contribution >= 4 is 17.7 Å². The van der Waals surface area contributed by atoms with Crippen molar-refractivity contribution in [2.24, 2.45) is 0 Å². The third-order valence-electron chi connectivity index (χ3n) is 5.20. The van der Waals surface area contributed by atoms with Crippen LogP contribution in [-0.4, -0.2) is 59.7 Å². The Hall–Kier alpha value is -3.22. The minimum Gasteiger partial charge on any atom is -0.341 e. The van der Waals surface area contributed by atoms with Crippen LogP contribution in [0.4, 0.5) is 4.39 Å². The lowest BCUT2D eigenvalue weighted by Crippen LogP contribution is -2.48. The van der Waals surface area contributed by atoms with Crippen molar-refractivity contribution in [1.82, 2.24) is 15.1 Å². The fourth-order valence-electron chi connectivity index (χ4n) is 3.55. The molecule has 1 saturated heterocycles. The van der Waals surface area contributed by atoms with Gasteiger partial charge in [0.15, 0.2) is 0 Å². The molecule has 0 aromatic heterocycles. The van der Waals surface area contributed by atoms with Crippen LogP contribution in [0.5, 0.6) is 0 Å². The SMILES string of the molecule is Cc1cccc(C(=O)NC(C)C(=O)N2CCCN(C(=O)c3ccccc3F)CC2)c1. The molecular weight excluding hydrogens is 385 g/mol. The molecule has 0 aliphatic carbocycles. The van der Waals surface area contributed by atoms with Crippen LogP contribution in [0.2, 0.25) is 0 Å². The number of nitrogens with zero attached hydrogens (tertiary/aromatic N) is 2. The second kappa shape index (κ2) is 9.52. The predicted octanol–water partition coefficient (Wildman–Crippen LogP) is 2.63. The van der Waals surface area contributed by atoms with E-state index in [0.717, 1.165) is 5.56 Å². The third kappa shape index (κ3) is 5.03. The molecule has 2 aromatic carbocycles. The monoisotopic (exact) mass is 411 g/mol.